The number of fused-ring (bicyclic) bond motifs is 1. The number of carbonyl (C=O) groups excluding carboxylic acids is 1. The standard InChI is InChI=1S/C17H15N3O/c18-16-8-7-15(11-19-16)20-17(21)10-12-5-6-13-3-1-2-4-14(13)9-12/h1-9,11H,10H2,(H2,18,19)(H,20,21). The molecule has 0 radical (unpaired) electrons. The Labute approximate surface area is 122 Å². The lowest BCUT2D eigenvalue weighted by atomic mass is 10.0. The molecular weight excluding hydrogens is 262 g/mol. The normalized spacial score (nSPS) is 10.5. The number of nitrogens with one attached hydrogen (secondary N) is 1. The van der Waals surface area contributed by atoms with Crippen LogP contribution in [0.2, 0.25) is 0 Å². The van der Waals surface area contributed by atoms with Crippen molar-refractivity contribution in [2.24, 2.45) is 0 Å². The summed E-state index contributed by atoms with van der Waals surface area (Å²) in [5, 5.41) is 5.12. The van der Waals surface area contributed by atoms with Crippen LogP contribution in [0.15, 0.2) is 60.8 Å². The first-order valence-corrected chi connectivity index (χ1v) is 6.70. The van der Waals surface area contributed by atoms with E-state index in [4.69, 9.17) is 5.73 Å². The smallest absolute Gasteiger partial charge is 0.228 e. The van der Waals surface area contributed by atoms with Gasteiger partial charge in [-0.1, -0.05) is 42.5 Å². The Morgan fingerprint density at radius 1 is 1.05 bits per heavy atom. The lowest BCUT2D eigenvalue weighted by Crippen LogP contribution is -2.14. The van der Waals surface area contributed by atoms with Gasteiger partial charge in [-0.2, -0.15) is 0 Å². The summed E-state index contributed by atoms with van der Waals surface area (Å²) in [5.74, 6) is 0.361. The van der Waals surface area contributed by atoms with Gasteiger partial charge in [0, 0.05) is 0 Å². The van der Waals surface area contributed by atoms with Gasteiger partial charge in [-0.15, -0.1) is 0 Å². The average Bonchev–Trinajstić information content (AvgIpc) is 2.49. The van der Waals surface area contributed by atoms with Crippen LogP contribution in [-0.2, 0) is 11.2 Å². The van der Waals surface area contributed by atoms with E-state index >= 15 is 0 Å². The molecule has 0 unspecified atom stereocenters. The number of hydrogen-bond acceptors (Lipinski definition) is 3. The van der Waals surface area contributed by atoms with E-state index in [2.05, 4.69) is 16.4 Å². The second-order valence-electron chi connectivity index (χ2n) is 4.88. The zero-order chi connectivity index (χ0) is 14.7. The highest BCUT2D eigenvalue weighted by Crippen LogP contribution is 2.16. The van der Waals surface area contributed by atoms with Crippen LogP contribution in [0.4, 0.5) is 11.5 Å². The monoisotopic (exact) mass is 277 g/mol. The lowest BCUT2D eigenvalue weighted by molar-refractivity contribution is -0.115. The first kappa shape index (κ1) is 13.1. The van der Waals surface area contributed by atoms with Crippen molar-refractivity contribution in [3.05, 3.63) is 66.4 Å². The number of anilines is 2. The van der Waals surface area contributed by atoms with Crippen molar-refractivity contribution >= 4 is 28.2 Å². The molecule has 21 heavy (non-hydrogen) atoms. The number of nitrogens with two attached hydrogens (primary N) is 1. The third kappa shape index (κ3) is 3.17. The Morgan fingerprint density at radius 3 is 2.62 bits per heavy atom. The Kier molecular flexibility index (Phi) is 3.51. The number of carbonyl (C=O) groups is 1. The summed E-state index contributed by atoms with van der Waals surface area (Å²) >= 11 is 0. The largest absolute Gasteiger partial charge is 0.384 e. The molecule has 0 atom stereocenters. The number of benzene rings is 2. The Balaban J connectivity index is 1.72. The van der Waals surface area contributed by atoms with Crippen LogP contribution in [0.3, 0.4) is 0 Å². The van der Waals surface area contributed by atoms with Gasteiger partial charge < -0.3 is 11.1 Å². The molecule has 2 aromatic carbocycles. The van der Waals surface area contributed by atoms with E-state index in [1.165, 1.54) is 5.39 Å². The molecule has 3 N–H and O–H groups in total. The van der Waals surface area contributed by atoms with E-state index in [1.807, 2.05) is 36.4 Å². The van der Waals surface area contributed by atoms with Crippen molar-refractivity contribution in [2.75, 3.05) is 11.1 Å². The van der Waals surface area contributed by atoms with Gasteiger partial charge in [0.2, 0.25) is 5.91 Å². The summed E-state index contributed by atoms with van der Waals surface area (Å²) in [7, 11) is 0. The molecule has 0 spiro atoms. The molecule has 104 valence electrons. The van der Waals surface area contributed by atoms with Gasteiger partial charge in [-0.05, 0) is 28.5 Å². The molecule has 0 saturated heterocycles. The van der Waals surface area contributed by atoms with Crippen LogP contribution in [0.25, 0.3) is 10.8 Å². The van der Waals surface area contributed by atoms with E-state index in [1.54, 1.807) is 18.3 Å². The molecule has 0 saturated carbocycles. The Morgan fingerprint density at radius 2 is 1.86 bits per heavy atom. The van der Waals surface area contributed by atoms with Gasteiger partial charge in [0.1, 0.15) is 5.82 Å². The van der Waals surface area contributed by atoms with E-state index in [-0.39, 0.29) is 5.91 Å². The van der Waals surface area contributed by atoms with Gasteiger partial charge in [0.05, 0.1) is 18.3 Å². The molecule has 1 heterocycles. The lowest BCUT2D eigenvalue weighted by Gasteiger charge is -2.06. The van der Waals surface area contributed by atoms with Crippen molar-refractivity contribution in [3.8, 4) is 0 Å². The number of rotatable bonds is 3. The highest BCUT2D eigenvalue weighted by molar-refractivity contribution is 5.93. The van der Waals surface area contributed by atoms with Gasteiger partial charge in [-0.3, -0.25) is 4.79 Å². The Hall–Kier alpha value is -2.88. The molecule has 0 aliphatic heterocycles. The fourth-order valence-electron chi connectivity index (χ4n) is 2.22. The summed E-state index contributed by atoms with van der Waals surface area (Å²) in [6.07, 6.45) is 1.88. The first-order valence-electron chi connectivity index (χ1n) is 6.70. The molecule has 1 aromatic heterocycles. The fourth-order valence-corrected chi connectivity index (χ4v) is 2.22. The number of pyridine rings is 1. The maximum absolute atomic E-state index is 12.0. The average molecular weight is 277 g/mol. The predicted octanol–water partition coefficient (Wildman–Crippen LogP) is 3.00. The third-order valence-electron chi connectivity index (χ3n) is 3.25. The second kappa shape index (κ2) is 5.63. The highest BCUT2D eigenvalue weighted by atomic mass is 16.1. The number of amides is 1. The quantitative estimate of drug-likeness (QED) is 0.773. The molecule has 0 fully saturated rings. The van der Waals surface area contributed by atoms with E-state index in [9.17, 15) is 4.79 Å². The highest BCUT2D eigenvalue weighted by Gasteiger charge is 2.05. The van der Waals surface area contributed by atoms with E-state index in [0.717, 1.165) is 10.9 Å². The minimum absolute atomic E-state index is 0.0724. The van der Waals surface area contributed by atoms with Gasteiger partial charge in [0.15, 0.2) is 0 Å². The summed E-state index contributed by atoms with van der Waals surface area (Å²) in [5.41, 5.74) is 7.14. The van der Waals surface area contributed by atoms with Crippen molar-refractivity contribution < 1.29 is 4.79 Å². The third-order valence-corrected chi connectivity index (χ3v) is 3.25. The minimum Gasteiger partial charge on any atom is -0.384 e. The first-order chi connectivity index (χ1) is 10.2. The molecule has 3 aromatic rings. The second-order valence-corrected chi connectivity index (χ2v) is 4.88. The molecule has 4 nitrogen and oxygen atoms in total. The zero-order valence-corrected chi connectivity index (χ0v) is 11.4. The van der Waals surface area contributed by atoms with Crippen molar-refractivity contribution in [1.29, 1.82) is 0 Å². The van der Waals surface area contributed by atoms with E-state index < -0.39 is 0 Å². The van der Waals surface area contributed by atoms with Crippen LogP contribution in [0.5, 0.6) is 0 Å². The molecule has 1 amide bonds. The molecule has 3 rings (SSSR count). The van der Waals surface area contributed by atoms with Crippen LogP contribution < -0.4 is 11.1 Å². The van der Waals surface area contributed by atoms with Crippen molar-refractivity contribution in [2.45, 2.75) is 6.42 Å². The zero-order valence-electron chi connectivity index (χ0n) is 11.4. The van der Waals surface area contributed by atoms with E-state index in [0.29, 0.717) is 17.9 Å². The number of hydrogen-bond donors (Lipinski definition) is 2. The maximum Gasteiger partial charge on any atom is 0.228 e. The molecule has 0 bridgehead atoms. The van der Waals surface area contributed by atoms with Crippen LogP contribution in [-0.4, -0.2) is 10.9 Å². The summed E-state index contributed by atoms with van der Waals surface area (Å²) < 4.78 is 0. The number of nitrogens with zero attached hydrogens (tertiary/aromatic N) is 1. The summed E-state index contributed by atoms with van der Waals surface area (Å²) in [6, 6.07) is 17.5. The molecule has 0 aliphatic rings. The SMILES string of the molecule is Nc1ccc(NC(=O)Cc2ccc3ccccc3c2)cn1. The predicted molar refractivity (Wildman–Crippen MR) is 84.9 cm³/mol. The number of aromatic nitrogens is 1. The molecule has 4 heteroatoms. The molecular formula is C17H15N3O. The van der Waals surface area contributed by atoms with Gasteiger partial charge >= 0.3 is 0 Å². The van der Waals surface area contributed by atoms with Crippen molar-refractivity contribution in [3.63, 3.8) is 0 Å². The number of nitrogen functional groups attached to an aromatic ring is 1. The van der Waals surface area contributed by atoms with Gasteiger partial charge in [0.25, 0.3) is 0 Å². The fraction of sp³-hybridized carbons (Fsp3) is 0.0588. The maximum atomic E-state index is 12.0. The minimum atomic E-state index is -0.0724. The van der Waals surface area contributed by atoms with Crippen LogP contribution in [0.1, 0.15) is 5.56 Å². The van der Waals surface area contributed by atoms with Crippen molar-refractivity contribution in [1.82, 2.24) is 4.98 Å². The van der Waals surface area contributed by atoms with Gasteiger partial charge in [-0.25, -0.2) is 4.98 Å². The topological polar surface area (TPSA) is 68.0 Å². The van der Waals surface area contributed by atoms with Crippen LogP contribution >= 0.6 is 0 Å². The summed E-state index contributed by atoms with van der Waals surface area (Å²) in [6.45, 7) is 0. The van der Waals surface area contributed by atoms with Crippen LogP contribution in [0, 0.1) is 0 Å². The molecule has 0 aliphatic carbocycles. The summed E-state index contributed by atoms with van der Waals surface area (Å²) in [4.78, 5) is 16.0. The Bertz CT molecular complexity index is 781.